The zero-order chi connectivity index (χ0) is 25.7. The van der Waals surface area contributed by atoms with Crippen molar-refractivity contribution in [1.82, 2.24) is 14.7 Å². The van der Waals surface area contributed by atoms with Crippen molar-refractivity contribution in [3.8, 4) is 16.9 Å². The monoisotopic (exact) mass is 482 g/mol. The molecule has 0 atom stereocenters. The van der Waals surface area contributed by atoms with Crippen LogP contribution in [-0.2, 0) is 9.53 Å². The predicted octanol–water partition coefficient (Wildman–Crippen LogP) is 4.35. The molecule has 0 spiro atoms. The van der Waals surface area contributed by atoms with Crippen LogP contribution in [0.2, 0.25) is 0 Å². The number of esters is 1. The van der Waals surface area contributed by atoms with E-state index in [1.165, 1.54) is 4.90 Å². The number of anilines is 1. The molecule has 0 saturated heterocycles. The van der Waals surface area contributed by atoms with E-state index in [2.05, 4.69) is 10.4 Å². The number of ether oxygens (including phenoxy) is 1. The highest BCUT2D eigenvalue weighted by Crippen LogP contribution is 2.25. The number of nitrogens with one attached hydrogen (secondary N) is 1. The Labute approximate surface area is 209 Å². The molecule has 0 saturated carbocycles. The van der Waals surface area contributed by atoms with Crippen molar-refractivity contribution in [2.45, 2.75) is 6.92 Å². The minimum absolute atomic E-state index is 0.137. The summed E-state index contributed by atoms with van der Waals surface area (Å²) in [5, 5.41) is 7.28. The highest BCUT2D eigenvalue weighted by atomic mass is 16.5. The van der Waals surface area contributed by atoms with Crippen LogP contribution in [0.4, 0.5) is 5.69 Å². The minimum Gasteiger partial charge on any atom is -0.452 e. The normalized spacial score (nSPS) is 10.5. The molecule has 0 bridgehead atoms. The summed E-state index contributed by atoms with van der Waals surface area (Å²) in [7, 11) is 3.33. The summed E-state index contributed by atoms with van der Waals surface area (Å²) in [4.78, 5) is 38.9. The van der Waals surface area contributed by atoms with Gasteiger partial charge in [-0.1, -0.05) is 48.0 Å². The Bertz CT molecular complexity index is 1380. The van der Waals surface area contributed by atoms with Gasteiger partial charge in [-0.15, -0.1) is 0 Å². The van der Waals surface area contributed by atoms with Crippen LogP contribution in [0.5, 0.6) is 0 Å². The topological polar surface area (TPSA) is 93.5 Å². The number of rotatable bonds is 7. The lowest BCUT2D eigenvalue weighted by Crippen LogP contribution is -2.22. The summed E-state index contributed by atoms with van der Waals surface area (Å²) in [6.07, 6.45) is 1.60. The maximum absolute atomic E-state index is 13.0. The molecule has 1 aromatic heterocycles. The van der Waals surface area contributed by atoms with Gasteiger partial charge in [0.2, 0.25) is 0 Å². The zero-order valence-corrected chi connectivity index (χ0v) is 20.3. The first-order chi connectivity index (χ1) is 17.3. The third kappa shape index (κ3) is 5.67. The molecule has 4 aromatic rings. The van der Waals surface area contributed by atoms with E-state index in [1.54, 1.807) is 49.2 Å². The van der Waals surface area contributed by atoms with Gasteiger partial charge in [-0.25, -0.2) is 9.48 Å². The molecule has 0 aliphatic heterocycles. The van der Waals surface area contributed by atoms with Gasteiger partial charge in [0.15, 0.2) is 6.61 Å². The van der Waals surface area contributed by atoms with Crippen LogP contribution in [0.15, 0.2) is 85.1 Å². The molecule has 4 rings (SSSR count). The van der Waals surface area contributed by atoms with Crippen molar-refractivity contribution in [3.05, 3.63) is 102 Å². The molecule has 182 valence electrons. The van der Waals surface area contributed by atoms with Gasteiger partial charge >= 0.3 is 5.97 Å². The van der Waals surface area contributed by atoms with Gasteiger partial charge in [-0.05, 0) is 43.3 Å². The molecule has 0 aliphatic carbocycles. The highest BCUT2D eigenvalue weighted by Gasteiger charge is 2.21. The van der Waals surface area contributed by atoms with E-state index < -0.39 is 18.5 Å². The molecule has 1 heterocycles. The predicted molar refractivity (Wildman–Crippen MR) is 137 cm³/mol. The molecule has 2 amide bonds. The van der Waals surface area contributed by atoms with Gasteiger partial charge in [-0.3, -0.25) is 9.59 Å². The van der Waals surface area contributed by atoms with E-state index in [0.717, 1.165) is 16.8 Å². The molecule has 0 unspecified atom stereocenters. The SMILES string of the molecule is Cc1ccc(-c2nn(-c3ccccc3)cc2C(=O)OCC(=O)Nc2ccc(C(=O)N(C)C)cc2)cc1. The van der Waals surface area contributed by atoms with Crippen LogP contribution < -0.4 is 5.32 Å². The molecule has 36 heavy (non-hydrogen) atoms. The number of carbonyl (C=O) groups is 3. The van der Waals surface area contributed by atoms with Gasteiger partial charge in [0.25, 0.3) is 11.8 Å². The number of nitrogens with zero attached hydrogens (tertiary/aromatic N) is 3. The second-order valence-corrected chi connectivity index (χ2v) is 8.44. The molecule has 0 radical (unpaired) electrons. The van der Waals surface area contributed by atoms with Crippen molar-refractivity contribution >= 4 is 23.5 Å². The number of aromatic nitrogens is 2. The number of hydrogen-bond acceptors (Lipinski definition) is 5. The third-order valence-electron chi connectivity index (χ3n) is 5.44. The van der Waals surface area contributed by atoms with Crippen molar-refractivity contribution < 1.29 is 19.1 Å². The van der Waals surface area contributed by atoms with Crippen molar-refractivity contribution in [2.24, 2.45) is 0 Å². The smallest absolute Gasteiger partial charge is 0.342 e. The minimum atomic E-state index is -0.658. The van der Waals surface area contributed by atoms with E-state index in [0.29, 0.717) is 16.9 Å². The van der Waals surface area contributed by atoms with E-state index in [4.69, 9.17) is 4.74 Å². The number of benzene rings is 3. The van der Waals surface area contributed by atoms with Gasteiger partial charge in [0.1, 0.15) is 11.3 Å². The Kier molecular flexibility index (Phi) is 7.25. The summed E-state index contributed by atoms with van der Waals surface area (Å²) in [6.45, 7) is 1.51. The van der Waals surface area contributed by atoms with E-state index >= 15 is 0 Å². The van der Waals surface area contributed by atoms with Gasteiger partial charge in [0.05, 0.1) is 5.69 Å². The first-order valence-electron chi connectivity index (χ1n) is 11.3. The van der Waals surface area contributed by atoms with Crippen LogP contribution >= 0.6 is 0 Å². The Morgan fingerprint density at radius 1 is 0.917 bits per heavy atom. The Morgan fingerprint density at radius 3 is 2.22 bits per heavy atom. The fourth-order valence-corrected chi connectivity index (χ4v) is 3.52. The fourth-order valence-electron chi connectivity index (χ4n) is 3.52. The fraction of sp³-hybridized carbons (Fsp3) is 0.143. The molecule has 3 aromatic carbocycles. The highest BCUT2D eigenvalue weighted by molar-refractivity contribution is 5.99. The number of hydrogen-bond donors (Lipinski definition) is 1. The number of carbonyl (C=O) groups excluding carboxylic acids is 3. The summed E-state index contributed by atoms with van der Waals surface area (Å²) >= 11 is 0. The Hall–Kier alpha value is -4.72. The van der Waals surface area contributed by atoms with Crippen molar-refractivity contribution in [3.63, 3.8) is 0 Å². The first kappa shape index (κ1) is 24.4. The molecule has 8 heteroatoms. The molecular formula is C28H26N4O4. The Morgan fingerprint density at radius 2 is 1.58 bits per heavy atom. The number of amides is 2. The van der Waals surface area contributed by atoms with E-state index in [9.17, 15) is 14.4 Å². The molecule has 0 aliphatic rings. The summed E-state index contributed by atoms with van der Waals surface area (Å²) < 4.78 is 6.94. The average molecular weight is 483 g/mol. The maximum Gasteiger partial charge on any atom is 0.342 e. The summed E-state index contributed by atoms with van der Waals surface area (Å²) in [6, 6.07) is 23.6. The molecule has 0 fully saturated rings. The second-order valence-electron chi connectivity index (χ2n) is 8.44. The molecule has 1 N–H and O–H groups in total. The van der Waals surface area contributed by atoms with Crippen LogP contribution in [0, 0.1) is 6.92 Å². The van der Waals surface area contributed by atoms with Gasteiger partial charge < -0.3 is 15.0 Å². The van der Waals surface area contributed by atoms with Crippen molar-refractivity contribution in [2.75, 3.05) is 26.0 Å². The van der Waals surface area contributed by atoms with Gasteiger partial charge in [0, 0.05) is 37.1 Å². The molecule has 8 nitrogen and oxygen atoms in total. The van der Waals surface area contributed by atoms with Crippen LogP contribution in [0.1, 0.15) is 26.3 Å². The quantitative estimate of drug-likeness (QED) is 0.396. The third-order valence-corrected chi connectivity index (χ3v) is 5.44. The standard InChI is InChI=1S/C28H26N4O4/c1-19-9-11-20(12-10-19)26-24(17-32(30-26)23-7-5-4-6-8-23)28(35)36-18-25(33)29-22-15-13-21(14-16-22)27(34)31(2)3/h4-17H,18H2,1-3H3,(H,29,33). The summed E-state index contributed by atoms with van der Waals surface area (Å²) in [5.74, 6) is -1.29. The number of aryl methyl sites for hydroxylation is 1. The average Bonchev–Trinajstić information content (AvgIpc) is 3.34. The van der Waals surface area contributed by atoms with Crippen LogP contribution in [0.25, 0.3) is 16.9 Å². The van der Waals surface area contributed by atoms with Crippen LogP contribution in [0.3, 0.4) is 0 Å². The number of para-hydroxylation sites is 1. The lowest BCUT2D eigenvalue weighted by atomic mass is 10.1. The Balaban J connectivity index is 1.48. The lowest BCUT2D eigenvalue weighted by molar-refractivity contribution is -0.119. The van der Waals surface area contributed by atoms with Crippen LogP contribution in [-0.4, -0.2) is 53.2 Å². The van der Waals surface area contributed by atoms with Crippen molar-refractivity contribution in [1.29, 1.82) is 0 Å². The molecular weight excluding hydrogens is 456 g/mol. The summed E-state index contributed by atoms with van der Waals surface area (Å²) in [5.41, 5.74) is 4.35. The second kappa shape index (κ2) is 10.7. The largest absolute Gasteiger partial charge is 0.452 e. The van der Waals surface area contributed by atoms with E-state index in [1.807, 2.05) is 61.5 Å². The van der Waals surface area contributed by atoms with Gasteiger partial charge in [-0.2, -0.15) is 5.10 Å². The zero-order valence-electron chi connectivity index (χ0n) is 20.3. The maximum atomic E-state index is 13.0. The van der Waals surface area contributed by atoms with E-state index in [-0.39, 0.29) is 11.5 Å². The first-order valence-corrected chi connectivity index (χ1v) is 11.3. The lowest BCUT2D eigenvalue weighted by Gasteiger charge is -2.11.